The molecule has 1 heterocycles. The third-order valence-corrected chi connectivity index (χ3v) is 7.37. The van der Waals surface area contributed by atoms with Gasteiger partial charge in [-0.25, -0.2) is 8.42 Å². The highest BCUT2D eigenvalue weighted by Gasteiger charge is 2.39. The van der Waals surface area contributed by atoms with E-state index in [4.69, 9.17) is 25.8 Å². The molecule has 29 heavy (non-hydrogen) atoms. The molecule has 1 atom stereocenters. The zero-order chi connectivity index (χ0) is 21.2. The van der Waals surface area contributed by atoms with Gasteiger partial charge in [0, 0.05) is 6.54 Å². The predicted octanol–water partition coefficient (Wildman–Crippen LogP) is 3.21. The Balaban J connectivity index is 2.14. The largest absolute Gasteiger partial charge is 0.493 e. The minimum Gasteiger partial charge on any atom is -0.493 e. The molecule has 0 aliphatic carbocycles. The lowest BCUT2D eigenvalue weighted by atomic mass is 9.91. The number of carbonyl (C=O) groups excluding carboxylic acids is 1. The fourth-order valence-electron chi connectivity index (χ4n) is 3.53. The predicted molar refractivity (Wildman–Crippen MR) is 108 cm³/mol. The minimum absolute atomic E-state index is 0.000425. The number of hydrogen-bond donors (Lipinski definition) is 0. The van der Waals surface area contributed by atoms with E-state index in [-0.39, 0.29) is 22.9 Å². The number of carbonyl (C=O) groups is 1. The quantitative estimate of drug-likeness (QED) is 0.643. The molecule has 2 aromatic rings. The van der Waals surface area contributed by atoms with Gasteiger partial charge in [-0.2, -0.15) is 4.31 Å². The number of methoxy groups -OCH3 is 3. The van der Waals surface area contributed by atoms with Crippen LogP contribution in [-0.4, -0.2) is 46.6 Å². The zero-order valence-corrected chi connectivity index (χ0v) is 17.9. The van der Waals surface area contributed by atoms with Crippen LogP contribution in [0.15, 0.2) is 41.3 Å². The van der Waals surface area contributed by atoms with Gasteiger partial charge >= 0.3 is 5.97 Å². The Kier molecular flexibility index (Phi) is 6.36. The maximum absolute atomic E-state index is 13.4. The smallest absolute Gasteiger partial charge is 0.307 e. The molecule has 0 radical (unpaired) electrons. The number of sulfonamides is 1. The number of fused-ring (bicyclic) bond motifs is 1. The number of halogens is 1. The van der Waals surface area contributed by atoms with Crippen LogP contribution in [0.3, 0.4) is 0 Å². The number of benzene rings is 2. The van der Waals surface area contributed by atoms with Crippen molar-refractivity contribution >= 4 is 27.6 Å². The van der Waals surface area contributed by atoms with Crippen molar-refractivity contribution in [1.29, 1.82) is 0 Å². The summed E-state index contributed by atoms with van der Waals surface area (Å²) in [5, 5.41) is 0.127. The normalized spacial score (nSPS) is 16.8. The van der Waals surface area contributed by atoms with Crippen LogP contribution in [0.5, 0.6) is 11.5 Å². The van der Waals surface area contributed by atoms with Gasteiger partial charge in [0.15, 0.2) is 11.5 Å². The maximum Gasteiger partial charge on any atom is 0.307 e. The van der Waals surface area contributed by atoms with Crippen molar-refractivity contribution in [1.82, 2.24) is 4.31 Å². The van der Waals surface area contributed by atoms with E-state index in [2.05, 4.69) is 0 Å². The molecule has 0 fully saturated rings. The second-order valence-corrected chi connectivity index (χ2v) is 8.76. The number of rotatable bonds is 6. The average Bonchev–Trinajstić information content (AvgIpc) is 2.72. The lowest BCUT2D eigenvalue weighted by Crippen LogP contribution is -2.41. The van der Waals surface area contributed by atoms with Gasteiger partial charge in [0.05, 0.1) is 38.8 Å². The molecule has 0 unspecified atom stereocenters. The van der Waals surface area contributed by atoms with Crippen LogP contribution in [0.1, 0.15) is 23.6 Å². The van der Waals surface area contributed by atoms with Crippen molar-refractivity contribution in [2.24, 2.45) is 0 Å². The molecule has 0 bridgehead atoms. The Morgan fingerprint density at radius 3 is 2.41 bits per heavy atom. The number of nitrogens with zero attached hydrogens (tertiary/aromatic N) is 1. The van der Waals surface area contributed by atoms with Crippen LogP contribution in [0, 0.1) is 0 Å². The lowest BCUT2D eigenvalue weighted by molar-refractivity contribution is -0.141. The molecule has 0 amide bonds. The summed E-state index contributed by atoms with van der Waals surface area (Å²) in [6.07, 6.45) is 0.319. The second-order valence-electron chi connectivity index (χ2n) is 6.50. The molecule has 156 valence electrons. The standard InChI is InChI=1S/C20H22ClNO6S/c1-26-17-10-13-8-9-22(29(24,25)19-7-5-4-6-15(19)21)16(12-20(23)28-3)14(13)11-18(17)27-2/h4-7,10-11,16H,8-9,12H2,1-3H3/t16-/m1/s1. The summed E-state index contributed by atoms with van der Waals surface area (Å²) in [4.78, 5) is 12.1. The van der Waals surface area contributed by atoms with Gasteiger partial charge in [-0.05, 0) is 41.8 Å². The highest BCUT2D eigenvalue weighted by molar-refractivity contribution is 7.89. The summed E-state index contributed by atoms with van der Waals surface area (Å²) in [7, 11) is 0.355. The first-order valence-corrected chi connectivity index (χ1v) is 10.7. The van der Waals surface area contributed by atoms with Gasteiger partial charge in [-0.15, -0.1) is 0 Å². The summed E-state index contributed by atoms with van der Waals surface area (Å²) >= 11 is 6.16. The van der Waals surface area contributed by atoms with E-state index in [1.807, 2.05) is 6.07 Å². The Hall–Kier alpha value is -2.29. The van der Waals surface area contributed by atoms with E-state index in [0.717, 1.165) is 5.56 Å². The molecule has 1 aliphatic heterocycles. The molecule has 3 rings (SSSR count). The molecule has 7 nitrogen and oxygen atoms in total. The molecule has 0 saturated carbocycles. The summed E-state index contributed by atoms with van der Waals surface area (Å²) in [6.45, 7) is 0.192. The van der Waals surface area contributed by atoms with Crippen molar-refractivity contribution in [3.8, 4) is 11.5 Å². The molecular formula is C20H22ClNO6S. The molecule has 2 aromatic carbocycles. The van der Waals surface area contributed by atoms with E-state index in [9.17, 15) is 13.2 Å². The third kappa shape index (κ3) is 4.05. The lowest BCUT2D eigenvalue weighted by Gasteiger charge is -2.36. The zero-order valence-electron chi connectivity index (χ0n) is 16.3. The van der Waals surface area contributed by atoms with Gasteiger partial charge < -0.3 is 14.2 Å². The highest BCUT2D eigenvalue weighted by atomic mass is 35.5. The van der Waals surface area contributed by atoms with Crippen molar-refractivity contribution in [3.05, 3.63) is 52.5 Å². The van der Waals surface area contributed by atoms with Gasteiger partial charge in [0.25, 0.3) is 0 Å². The summed E-state index contributed by atoms with van der Waals surface area (Å²) < 4.78 is 43.7. The molecular weight excluding hydrogens is 418 g/mol. The Morgan fingerprint density at radius 2 is 1.79 bits per heavy atom. The van der Waals surface area contributed by atoms with Gasteiger partial charge in [0.1, 0.15) is 4.90 Å². The van der Waals surface area contributed by atoms with Crippen LogP contribution < -0.4 is 9.47 Å². The van der Waals surface area contributed by atoms with E-state index < -0.39 is 22.0 Å². The third-order valence-electron chi connectivity index (χ3n) is 4.96. The Labute approximate surface area is 175 Å². The number of esters is 1. The van der Waals surface area contributed by atoms with Crippen molar-refractivity contribution < 1.29 is 27.4 Å². The average molecular weight is 440 g/mol. The second kappa shape index (κ2) is 8.61. The monoisotopic (exact) mass is 439 g/mol. The van der Waals surface area contributed by atoms with Crippen LogP contribution in [0.2, 0.25) is 5.02 Å². The van der Waals surface area contributed by atoms with Crippen LogP contribution in [0.25, 0.3) is 0 Å². The van der Waals surface area contributed by atoms with E-state index >= 15 is 0 Å². The van der Waals surface area contributed by atoms with E-state index in [0.29, 0.717) is 23.5 Å². The SMILES string of the molecule is COC(=O)C[C@@H]1c2cc(OC)c(OC)cc2CCN1S(=O)(=O)c1ccccc1Cl. The highest BCUT2D eigenvalue weighted by Crippen LogP contribution is 2.42. The fraction of sp³-hybridized carbons (Fsp3) is 0.350. The molecule has 0 aromatic heterocycles. The van der Waals surface area contributed by atoms with Gasteiger partial charge in [-0.1, -0.05) is 23.7 Å². The fourth-order valence-corrected chi connectivity index (χ4v) is 5.63. The molecule has 0 saturated heterocycles. The van der Waals surface area contributed by atoms with Crippen LogP contribution >= 0.6 is 11.6 Å². The number of ether oxygens (including phenoxy) is 3. The van der Waals surface area contributed by atoms with Gasteiger partial charge in [-0.3, -0.25) is 4.79 Å². The van der Waals surface area contributed by atoms with E-state index in [1.54, 1.807) is 18.2 Å². The summed E-state index contributed by atoms with van der Waals surface area (Å²) in [6, 6.07) is 9.03. The van der Waals surface area contributed by atoms with Crippen molar-refractivity contribution in [2.75, 3.05) is 27.9 Å². The molecule has 0 N–H and O–H groups in total. The summed E-state index contributed by atoms with van der Waals surface area (Å²) in [5.41, 5.74) is 1.57. The first kappa shape index (κ1) is 21.4. The number of hydrogen-bond acceptors (Lipinski definition) is 6. The first-order valence-electron chi connectivity index (χ1n) is 8.91. The first-order chi connectivity index (χ1) is 13.8. The van der Waals surface area contributed by atoms with Crippen molar-refractivity contribution in [2.45, 2.75) is 23.8 Å². The van der Waals surface area contributed by atoms with Crippen molar-refractivity contribution in [3.63, 3.8) is 0 Å². The van der Waals surface area contributed by atoms with Crippen LogP contribution in [-0.2, 0) is 26.0 Å². The van der Waals surface area contributed by atoms with Gasteiger partial charge in [0.2, 0.25) is 10.0 Å². The van der Waals surface area contributed by atoms with Crippen LogP contribution in [0.4, 0.5) is 0 Å². The topological polar surface area (TPSA) is 82.1 Å². The molecule has 0 spiro atoms. The Bertz CT molecular complexity index is 1020. The minimum atomic E-state index is -3.95. The van der Waals surface area contributed by atoms with E-state index in [1.165, 1.54) is 37.8 Å². The summed E-state index contributed by atoms with van der Waals surface area (Å²) in [5.74, 6) is 0.487. The maximum atomic E-state index is 13.4. The Morgan fingerprint density at radius 1 is 1.14 bits per heavy atom. The molecule has 9 heteroatoms. The molecule has 1 aliphatic rings.